The molecule has 0 saturated heterocycles. The molecule has 3 aromatic heterocycles. The normalized spacial score (nSPS) is 11.3. The molecule has 0 unspecified atom stereocenters. The van der Waals surface area contributed by atoms with Crippen molar-refractivity contribution in [2.75, 3.05) is 0 Å². The maximum atomic E-state index is 6.20. The van der Waals surface area contributed by atoms with Gasteiger partial charge >= 0.3 is 0 Å². The molecule has 0 aliphatic carbocycles. The van der Waals surface area contributed by atoms with Crippen LogP contribution in [-0.4, -0.2) is 25.6 Å². The van der Waals surface area contributed by atoms with Crippen molar-refractivity contribution in [1.82, 2.24) is 25.6 Å². The van der Waals surface area contributed by atoms with Crippen molar-refractivity contribution in [2.24, 2.45) is 0 Å². The molecule has 6 aromatic rings. The van der Waals surface area contributed by atoms with E-state index in [0.717, 1.165) is 38.9 Å². The smallest absolute Gasteiger partial charge is 0.153 e. The van der Waals surface area contributed by atoms with E-state index < -0.39 is 0 Å². The molecule has 0 amide bonds. The third-order valence-corrected chi connectivity index (χ3v) is 5.58. The maximum absolute atomic E-state index is 6.20. The second-order valence-electron chi connectivity index (χ2n) is 7.58. The second-order valence-corrected chi connectivity index (χ2v) is 8.01. The van der Waals surface area contributed by atoms with Crippen molar-refractivity contribution >= 4 is 33.5 Å². The summed E-state index contributed by atoms with van der Waals surface area (Å²) in [6, 6.07) is 25.1. The number of para-hydroxylation sites is 1. The summed E-state index contributed by atoms with van der Waals surface area (Å²) < 4.78 is 12.3. The van der Waals surface area contributed by atoms with Crippen LogP contribution < -0.4 is 4.74 Å². The van der Waals surface area contributed by atoms with Crippen molar-refractivity contribution in [3.8, 4) is 23.0 Å². The number of pyridine rings is 1. The number of nitrogens with zero attached hydrogens (tertiary/aromatic N) is 4. The number of aromatic nitrogens is 5. The lowest BCUT2D eigenvalue weighted by molar-refractivity contribution is 0.477. The maximum Gasteiger partial charge on any atom is 0.153 e. The van der Waals surface area contributed by atoms with Crippen molar-refractivity contribution in [2.45, 2.75) is 6.42 Å². The predicted octanol–water partition coefficient (Wildman–Crippen LogP) is 6.20. The Morgan fingerprint density at radius 3 is 2.73 bits per heavy atom. The van der Waals surface area contributed by atoms with E-state index in [1.54, 1.807) is 0 Å². The fourth-order valence-corrected chi connectivity index (χ4v) is 3.92. The van der Waals surface area contributed by atoms with Gasteiger partial charge in [0.1, 0.15) is 22.8 Å². The molecule has 0 aliphatic heterocycles. The Hall–Kier alpha value is -4.23. The van der Waals surface area contributed by atoms with Gasteiger partial charge in [-0.2, -0.15) is 0 Å². The van der Waals surface area contributed by atoms with Gasteiger partial charge in [-0.3, -0.25) is 0 Å². The molecule has 0 spiro atoms. The summed E-state index contributed by atoms with van der Waals surface area (Å²) in [6.45, 7) is 0. The van der Waals surface area contributed by atoms with Crippen LogP contribution >= 0.6 is 11.6 Å². The third-order valence-electron chi connectivity index (χ3n) is 5.34. The number of H-pyrrole nitrogens is 1. The Kier molecular flexibility index (Phi) is 4.74. The summed E-state index contributed by atoms with van der Waals surface area (Å²) in [7, 11) is 0. The van der Waals surface area contributed by atoms with E-state index in [1.807, 2.05) is 78.9 Å². The molecule has 3 aromatic carbocycles. The number of ether oxygens (including phenoxy) is 1. The van der Waals surface area contributed by atoms with E-state index in [4.69, 9.17) is 25.7 Å². The summed E-state index contributed by atoms with van der Waals surface area (Å²) in [6.07, 6.45) is 0.541. The second kappa shape index (κ2) is 8.03. The number of fused-ring (bicyclic) bond motifs is 2. The first-order valence-electron chi connectivity index (χ1n) is 10.3. The van der Waals surface area contributed by atoms with Gasteiger partial charge in [0, 0.05) is 27.8 Å². The summed E-state index contributed by atoms with van der Waals surface area (Å²) in [5, 5.41) is 16.6. The van der Waals surface area contributed by atoms with Crippen molar-refractivity contribution < 1.29 is 9.15 Å². The Morgan fingerprint density at radius 1 is 0.909 bits per heavy atom. The minimum atomic E-state index is 0.541. The zero-order valence-corrected chi connectivity index (χ0v) is 18.0. The van der Waals surface area contributed by atoms with Gasteiger partial charge in [0.2, 0.25) is 0 Å². The van der Waals surface area contributed by atoms with Crippen LogP contribution in [0.3, 0.4) is 0 Å². The van der Waals surface area contributed by atoms with E-state index in [0.29, 0.717) is 28.8 Å². The van der Waals surface area contributed by atoms with E-state index in [9.17, 15) is 0 Å². The number of benzene rings is 3. The first-order valence-corrected chi connectivity index (χ1v) is 10.7. The number of hydrogen-bond donors (Lipinski definition) is 1. The van der Waals surface area contributed by atoms with Gasteiger partial charge in [0.05, 0.1) is 5.52 Å². The molecule has 0 fully saturated rings. The van der Waals surface area contributed by atoms with E-state index >= 15 is 0 Å². The molecule has 3 heterocycles. The molecule has 0 aliphatic rings. The molecule has 160 valence electrons. The number of hydrogen-bond acceptors (Lipinski definition) is 6. The zero-order valence-electron chi connectivity index (χ0n) is 17.2. The fraction of sp³-hybridized carbons (Fsp3) is 0.0400. The number of rotatable bonds is 5. The van der Waals surface area contributed by atoms with Crippen LogP contribution in [0.15, 0.2) is 83.3 Å². The molecule has 0 atom stereocenters. The fourth-order valence-electron chi connectivity index (χ4n) is 3.75. The van der Waals surface area contributed by atoms with Gasteiger partial charge < -0.3 is 9.15 Å². The predicted molar refractivity (Wildman–Crippen MR) is 125 cm³/mol. The van der Waals surface area contributed by atoms with Crippen molar-refractivity contribution in [1.29, 1.82) is 0 Å². The molecular weight excluding hydrogens is 438 g/mol. The van der Waals surface area contributed by atoms with Crippen LogP contribution in [-0.2, 0) is 6.42 Å². The van der Waals surface area contributed by atoms with Crippen LogP contribution in [0.5, 0.6) is 11.5 Å². The van der Waals surface area contributed by atoms with Crippen molar-refractivity contribution in [3.63, 3.8) is 0 Å². The Bertz CT molecular complexity index is 1590. The quantitative estimate of drug-likeness (QED) is 0.334. The average Bonchev–Trinajstić information content (AvgIpc) is 3.49. The largest absolute Gasteiger partial charge is 0.457 e. The molecule has 8 heteroatoms. The minimum Gasteiger partial charge on any atom is -0.457 e. The third kappa shape index (κ3) is 3.90. The SMILES string of the molecule is Clc1ccc2ccc(-c3cc4cc(Oc5ccccc5Cc5nnn[nH]5)ccc4o3)nc2c1. The van der Waals surface area contributed by atoms with Gasteiger partial charge in [-0.15, -0.1) is 5.10 Å². The van der Waals surface area contributed by atoms with Crippen molar-refractivity contribution in [3.05, 3.63) is 95.3 Å². The molecule has 33 heavy (non-hydrogen) atoms. The first kappa shape index (κ1) is 19.5. The lowest BCUT2D eigenvalue weighted by atomic mass is 10.1. The molecule has 1 N–H and O–H groups in total. The average molecular weight is 454 g/mol. The minimum absolute atomic E-state index is 0.541. The molecule has 6 rings (SSSR count). The van der Waals surface area contributed by atoms with E-state index in [1.165, 1.54) is 0 Å². The molecule has 0 radical (unpaired) electrons. The summed E-state index contributed by atoms with van der Waals surface area (Å²) in [5.41, 5.74) is 3.30. The van der Waals surface area contributed by atoms with Crippen LogP contribution in [0, 0.1) is 0 Å². The van der Waals surface area contributed by atoms with Crippen LogP contribution in [0.25, 0.3) is 33.3 Å². The monoisotopic (exact) mass is 453 g/mol. The first-order chi connectivity index (χ1) is 16.2. The number of nitrogens with one attached hydrogen (secondary N) is 1. The van der Waals surface area contributed by atoms with Gasteiger partial charge in [-0.1, -0.05) is 41.9 Å². The van der Waals surface area contributed by atoms with Gasteiger partial charge in [-0.25, -0.2) is 10.1 Å². The van der Waals surface area contributed by atoms with Crippen LogP contribution in [0.4, 0.5) is 0 Å². The Labute approximate surface area is 193 Å². The Morgan fingerprint density at radius 2 is 1.82 bits per heavy atom. The topological polar surface area (TPSA) is 89.7 Å². The molecule has 0 saturated carbocycles. The molecular formula is C25H16ClN5O2. The highest BCUT2D eigenvalue weighted by Crippen LogP contribution is 2.33. The van der Waals surface area contributed by atoms with Crippen LogP contribution in [0.2, 0.25) is 5.02 Å². The lowest BCUT2D eigenvalue weighted by Gasteiger charge is -2.10. The highest BCUT2D eigenvalue weighted by Gasteiger charge is 2.12. The summed E-state index contributed by atoms with van der Waals surface area (Å²) in [4.78, 5) is 4.71. The van der Waals surface area contributed by atoms with Gasteiger partial charge in [-0.05, 0) is 59.0 Å². The highest BCUT2D eigenvalue weighted by atomic mass is 35.5. The summed E-state index contributed by atoms with van der Waals surface area (Å²) in [5.74, 6) is 2.80. The Balaban J connectivity index is 1.31. The lowest BCUT2D eigenvalue weighted by Crippen LogP contribution is -1.95. The van der Waals surface area contributed by atoms with Crippen LogP contribution in [0.1, 0.15) is 11.4 Å². The number of halogens is 1. The van der Waals surface area contributed by atoms with Gasteiger partial charge in [0.15, 0.2) is 11.6 Å². The number of furan rings is 1. The summed E-state index contributed by atoms with van der Waals surface area (Å²) >= 11 is 6.13. The highest BCUT2D eigenvalue weighted by molar-refractivity contribution is 6.31. The zero-order chi connectivity index (χ0) is 22.2. The van der Waals surface area contributed by atoms with E-state index in [2.05, 4.69) is 20.6 Å². The number of tetrazole rings is 1. The molecule has 0 bridgehead atoms. The standard InChI is InChI=1S/C25H16ClN5O2/c26-18-7-5-15-6-9-20(27-21(15)14-18)24-12-17-11-19(8-10-23(17)33-24)32-22-4-2-1-3-16(22)13-25-28-30-31-29-25/h1-12,14H,13H2,(H,28,29,30,31). The number of aromatic amines is 1. The van der Waals surface area contributed by atoms with Gasteiger partial charge in [0.25, 0.3) is 0 Å². The molecule has 7 nitrogen and oxygen atoms in total. The van der Waals surface area contributed by atoms with E-state index in [-0.39, 0.29) is 0 Å².